The highest BCUT2D eigenvalue weighted by atomic mass is 32.1. The predicted molar refractivity (Wildman–Crippen MR) is 155 cm³/mol. The van der Waals surface area contributed by atoms with Gasteiger partial charge in [0.2, 0.25) is 0 Å². The van der Waals surface area contributed by atoms with E-state index in [2.05, 4.69) is 28.3 Å². The summed E-state index contributed by atoms with van der Waals surface area (Å²) in [5.74, 6) is -0.413. The highest BCUT2D eigenvalue weighted by Gasteiger charge is 2.15. The molecule has 0 fully saturated rings. The van der Waals surface area contributed by atoms with Gasteiger partial charge in [0, 0.05) is 37.8 Å². The Labute approximate surface area is 235 Å². The molecule has 5 rings (SSSR count). The van der Waals surface area contributed by atoms with Crippen LogP contribution in [0.3, 0.4) is 0 Å². The highest BCUT2D eigenvalue weighted by molar-refractivity contribution is 7.22. The van der Waals surface area contributed by atoms with E-state index in [9.17, 15) is 13.6 Å². The van der Waals surface area contributed by atoms with Gasteiger partial charge in [-0.2, -0.15) is 0 Å². The van der Waals surface area contributed by atoms with Crippen molar-refractivity contribution in [3.05, 3.63) is 107 Å². The summed E-state index contributed by atoms with van der Waals surface area (Å²) in [7, 11) is 0. The molecule has 0 atom stereocenters. The second-order valence-electron chi connectivity index (χ2n) is 9.54. The third-order valence-electron chi connectivity index (χ3n) is 6.46. The Bertz CT molecular complexity index is 1620. The topological polar surface area (TPSA) is 64.1 Å². The minimum Gasteiger partial charge on any atom is -0.453 e. The van der Waals surface area contributed by atoms with E-state index in [0.29, 0.717) is 23.3 Å². The van der Waals surface area contributed by atoms with Crippen LogP contribution >= 0.6 is 11.3 Å². The monoisotopic (exact) mass is 557 g/mol. The van der Waals surface area contributed by atoms with Crippen LogP contribution in [0.2, 0.25) is 0 Å². The van der Waals surface area contributed by atoms with Crippen molar-refractivity contribution < 1.29 is 18.3 Å². The molecule has 204 valence electrons. The van der Waals surface area contributed by atoms with Crippen molar-refractivity contribution in [2.24, 2.45) is 0 Å². The molecule has 0 radical (unpaired) electrons. The SMILES string of the molecule is CCCNCc1ccc(-c2cc3nccc(Oc4ccc(CC(=O)CCc5ccccc5F)cc4F)c3s2)nc1. The number of rotatable bonds is 12. The number of pyridine rings is 2. The van der Waals surface area contributed by atoms with E-state index in [0.717, 1.165) is 45.9 Å². The summed E-state index contributed by atoms with van der Waals surface area (Å²) in [5, 5.41) is 3.37. The number of carbonyl (C=O) groups is 1. The van der Waals surface area contributed by atoms with Crippen molar-refractivity contribution in [2.75, 3.05) is 6.54 Å². The van der Waals surface area contributed by atoms with Gasteiger partial charge in [-0.3, -0.25) is 14.8 Å². The van der Waals surface area contributed by atoms with Gasteiger partial charge in [-0.1, -0.05) is 37.3 Å². The van der Waals surface area contributed by atoms with Crippen molar-refractivity contribution in [2.45, 2.75) is 39.2 Å². The van der Waals surface area contributed by atoms with E-state index in [-0.39, 0.29) is 30.2 Å². The molecule has 0 spiro atoms. The number of aromatic nitrogens is 2. The lowest BCUT2D eigenvalue weighted by atomic mass is 10.0. The average molecular weight is 558 g/mol. The number of thiophene rings is 1. The minimum atomic E-state index is -0.560. The van der Waals surface area contributed by atoms with Crippen molar-refractivity contribution >= 4 is 27.3 Å². The van der Waals surface area contributed by atoms with Crippen LogP contribution in [0.15, 0.2) is 79.1 Å². The van der Waals surface area contributed by atoms with E-state index in [1.165, 1.54) is 29.5 Å². The number of benzene rings is 2. The van der Waals surface area contributed by atoms with Crippen LogP contribution in [0.4, 0.5) is 8.78 Å². The Morgan fingerprint density at radius 3 is 2.58 bits per heavy atom. The van der Waals surface area contributed by atoms with Crippen LogP contribution < -0.4 is 10.1 Å². The zero-order valence-electron chi connectivity index (χ0n) is 22.1. The largest absolute Gasteiger partial charge is 0.453 e. The Kier molecular flexibility index (Phi) is 8.88. The molecule has 0 amide bonds. The maximum Gasteiger partial charge on any atom is 0.166 e. The number of nitrogens with one attached hydrogen (secondary N) is 1. The minimum absolute atomic E-state index is 0.0621. The molecule has 0 aliphatic rings. The molecule has 2 aromatic carbocycles. The van der Waals surface area contributed by atoms with Gasteiger partial charge in [-0.25, -0.2) is 8.78 Å². The molecule has 0 bridgehead atoms. The zero-order valence-corrected chi connectivity index (χ0v) is 22.9. The van der Waals surface area contributed by atoms with Gasteiger partial charge in [0.15, 0.2) is 11.6 Å². The molecule has 3 aromatic heterocycles. The molecule has 0 aliphatic carbocycles. The van der Waals surface area contributed by atoms with Gasteiger partial charge < -0.3 is 10.1 Å². The van der Waals surface area contributed by atoms with Gasteiger partial charge in [0.1, 0.15) is 17.3 Å². The summed E-state index contributed by atoms with van der Waals surface area (Å²) < 4.78 is 35.6. The fraction of sp³-hybridized carbons (Fsp3) is 0.219. The van der Waals surface area contributed by atoms with Crippen LogP contribution in [0.25, 0.3) is 20.8 Å². The van der Waals surface area contributed by atoms with Crippen LogP contribution in [-0.2, 0) is 24.2 Å². The van der Waals surface area contributed by atoms with Crippen LogP contribution in [0.5, 0.6) is 11.5 Å². The van der Waals surface area contributed by atoms with Crippen molar-refractivity contribution in [3.63, 3.8) is 0 Å². The number of carbonyl (C=O) groups excluding carboxylic acids is 1. The smallest absolute Gasteiger partial charge is 0.166 e. The average Bonchev–Trinajstić information content (AvgIpc) is 3.40. The van der Waals surface area contributed by atoms with Crippen molar-refractivity contribution in [3.8, 4) is 22.1 Å². The summed E-state index contributed by atoms with van der Waals surface area (Å²) in [4.78, 5) is 22.4. The van der Waals surface area contributed by atoms with Crippen LogP contribution in [-0.4, -0.2) is 22.3 Å². The first-order valence-corrected chi connectivity index (χ1v) is 14.1. The number of aryl methyl sites for hydroxylation is 1. The van der Waals surface area contributed by atoms with Gasteiger partial charge in [0.05, 0.1) is 20.8 Å². The fourth-order valence-electron chi connectivity index (χ4n) is 4.35. The van der Waals surface area contributed by atoms with Crippen molar-refractivity contribution in [1.29, 1.82) is 0 Å². The number of ether oxygens (including phenoxy) is 1. The lowest BCUT2D eigenvalue weighted by molar-refractivity contribution is -0.118. The van der Waals surface area contributed by atoms with Crippen LogP contribution in [0, 0.1) is 11.6 Å². The van der Waals surface area contributed by atoms with Gasteiger partial charge in [-0.05, 0) is 66.4 Å². The quantitative estimate of drug-likeness (QED) is 0.160. The standard InChI is InChI=1S/C32H29F2N3O2S/c1-2-14-35-19-22-7-11-27(37-20-22)31-18-28-32(40-31)30(13-15-36-28)39-29-12-8-21(17-26(29)34)16-24(38)10-9-23-5-3-4-6-25(23)33/h3-8,11-13,15,17-18,20,35H,2,9-10,14,16,19H2,1H3. The van der Waals surface area contributed by atoms with E-state index >= 15 is 0 Å². The lowest BCUT2D eigenvalue weighted by Gasteiger charge is -2.09. The molecule has 0 unspecified atom stereocenters. The van der Waals surface area contributed by atoms with Gasteiger partial charge in [0.25, 0.3) is 0 Å². The van der Waals surface area contributed by atoms with E-state index < -0.39 is 5.82 Å². The number of hydrogen-bond acceptors (Lipinski definition) is 6. The number of ketones is 1. The second kappa shape index (κ2) is 12.9. The molecule has 0 saturated carbocycles. The molecule has 8 heteroatoms. The van der Waals surface area contributed by atoms with E-state index in [1.54, 1.807) is 36.5 Å². The Balaban J connectivity index is 1.25. The number of nitrogens with zero attached hydrogens (tertiary/aromatic N) is 2. The number of Topliss-reactive ketones (excluding diaryl/α,β-unsaturated/α-hetero) is 1. The lowest BCUT2D eigenvalue weighted by Crippen LogP contribution is -2.13. The van der Waals surface area contributed by atoms with Crippen LogP contribution in [0.1, 0.15) is 36.5 Å². The molecule has 5 aromatic rings. The number of fused-ring (bicyclic) bond motifs is 1. The second-order valence-corrected chi connectivity index (χ2v) is 10.6. The molecule has 1 N–H and O–H groups in total. The zero-order chi connectivity index (χ0) is 27.9. The Hall–Kier alpha value is -4.01. The summed E-state index contributed by atoms with van der Waals surface area (Å²) in [6, 6.07) is 18.6. The molecule has 5 nitrogen and oxygen atoms in total. The summed E-state index contributed by atoms with van der Waals surface area (Å²) in [6.07, 6.45) is 5.14. The normalized spacial score (nSPS) is 11.2. The molecule has 0 saturated heterocycles. The third-order valence-corrected chi connectivity index (χ3v) is 7.62. The Morgan fingerprint density at radius 2 is 1.80 bits per heavy atom. The summed E-state index contributed by atoms with van der Waals surface area (Å²) in [6.45, 7) is 3.87. The van der Waals surface area contributed by atoms with Gasteiger partial charge in [-0.15, -0.1) is 11.3 Å². The maximum absolute atomic E-state index is 15.0. The molecule has 0 aliphatic heterocycles. The first kappa shape index (κ1) is 27.6. The van der Waals surface area contributed by atoms with E-state index in [1.807, 2.05) is 18.3 Å². The third kappa shape index (κ3) is 6.76. The van der Waals surface area contributed by atoms with Crippen molar-refractivity contribution in [1.82, 2.24) is 15.3 Å². The highest BCUT2D eigenvalue weighted by Crippen LogP contribution is 2.39. The molecule has 40 heavy (non-hydrogen) atoms. The molecule has 3 heterocycles. The molecular formula is C32H29F2N3O2S. The fourth-order valence-corrected chi connectivity index (χ4v) is 5.39. The molecular weight excluding hydrogens is 528 g/mol. The summed E-state index contributed by atoms with van der Waals surface area (Å²) >= 11 is 1.49. The van der Waals surface area contributed by atoms with E-state index in [4.69, 9.17) is 4.74 Å². The predicted octanol–water partition coefficient (Wildman–Crippen LogP) is 7.67. The number of hydrogen-bond donors (Lipinski definition) is 1. The Morgan fingerprint density at radius 1 is 0.950 bits per heavy atom. The first-order valence-electron chi connectivity index (χ1n) is 13.3. The maximum atomic E-state index is 15.0. The first-order chi connectivity index (χ1) is 19.5. The van der Waals surface area contributed by atoms with Gasteiger partial charge >= 0.3 is 0 Å². The number of halogens is 2. The summed E-state index contributed by atoms with van der Waals surface area (Å²) in [5.41, 5.74) is 3.74.